The molecule has 3 rings (SSSR count). The van der Waals surface area contributed by atoms with Crippen LogP contribution in [0.1, 0.15) is 17.0 Å². The molecule has 0 aromatic heterocycles. The van der Waals surface area contributed by atoms with Crippen LogP contribution in [0.3, 0.4) is 0 Å². The quantitative estimate of drug-likeness (QED) is 0.850. The SMILES string of the molecule is Cc1ccccc1SCC(=O)N1C[C@@H](CN)[C@H](c2ccccc2)C1. The Labute approximate surface area is 148 Å². The van der Waals surface area contributed by atoms with Gasteiger partial charge in [-0.15, -0.1) is 11.8 Å². The van der Waals surface area contributed by atoms with Gasteiger partial charge >= 0.3 is 0 Å². The Balaban J connectivity index is 1.63. The van der Waals surface area contributed by atoms with E-state index in [1.165, 1.54) is 16.0 Å². The molecule has 3 nitrogen and oxygen atoms in total. The largest absolute Gasteiger partial charge is 0.341 e. The number of carbonyl (C=O) groups excluding carboxylic acids is 1. The number of aryl methyl sites for hydroxylation is 1. The molecule has 0 bridgehead atoms. The lowest BCUT2D eigenvalue weighted by atomic mass is 9.89. The number of rotatable bonds is 5. The molecule has 1 aliphatic rings. The van der Waals surface area contributed by atoms with Gasteiger partial charge in [0.15, 0.2) is 0 Å². The van der Waals surface area contributed by atoms with Gasteiger partial charge in [-0.05, 0) is 36.6 Å². The molecule has 126 valence electrons. The molecule has 0 aliphatic carbocycles. The molecule has 1 saturated heterocycles. The Kier molecular flexibility index (Phi) is 5.59. The van der Waals surface area contributed by atoms with Gasteiger partial charge in [-0.2, -0.15) is 0 Å². The molecule has 2 aromatic carbocycles. The van der Waals surface area contributed by atoms with E-state index in [1.807, 2.05) is 23.1 Å². The second-order valence-corrected chi connectivity index (χ2v) is 7.38. The molecule has 0 unspecified atom stereocenters. The zero-order chi connectivity index (χ0) is 16.9. The van der Waals surface area contributed by atoms with Crippen molar-refractivity contribution in [3.63, 3.8) is 0 Å². The molecule has 0 saturated carbocycles. The number of amides is 1. The van der Waals surface area contributed by atoms with Crippen LogP contribution in [0.2, 0.25) is 0 Å². The molecule has 24 heavy (non-hydrogen) atoms. The first-order valence-electron chi connectivity index (χ1n) is 8.40. The molecule has 1 aliphatic heterocycles. The van der Waals surface area contributed by atoms with Crippen molar-refractivity contribution in [3.05, 3.63) is 65.7 Å². The number of hydrogen-bond donors (Lipinski definition) is 1. The van der Waals surface area contributed by atoms with E-state index < -0.39 is 0 Å². The second kappa shape index (κ2) is 7.86. The van der Waals surface area contributed by atoms with Crippen LogP contribution < -0.4 is 5.73 Å². The summed E-state index contributed by atoms with van der Waals surface area (Å²) in [6, 6.07) is 18.6. The molecule has 2 atom stereocenters. The fraction of sp³-hybridized carbons (Fsp3) is 0.350. The van der Waals surface area contributed by atoms with Crippen LogP contribution in [0, 0.1) is 12.8 Å². The fourth-order valence-corrected chi connectivity index (χ4v) is 4.27. The Hall–Kier alpha value is -1.78. The summed E-state index contributed by atoms with van der Waals surface area (Å²) in [4.78, 5) is 15.8. The zero-order valence-electron chi connectivity index (χ0n) is 14.0. The van der Waals surface area contributed by atoms with Gasteiger partial charge in [0.05, 0.1) is 5.75 Å². The number of likely N-dealkylation sites (tertiary alicyclic amines) is 1. The van der Waals surface area contributed by atoms with Gasteiger partial charge in [0.25, 0.3) is 0 Å². The molecule has 0 spiro atoms. The van der Waals surface area contributed by atoms with E-state index in [0.717, 1.165) is 13.1 Å². The van der Waals surface area contributed by atoms with Crippen LogP contribution in [0.15, 0.2) is 59.5 Å². The molecular weight excluding hydrogens is 316 g/mol. The normalized spacial score (nSPS) is 20.3. The van der Waals surface area contributed by atoms with Gasteiger partial charge in [-0.25, -0.2) is 0 Å². The van der Waals surface area contributed by atoms with Crippen molar-refractivity contribution in [1.82, 2.24) is 4.90 Å². The fourth-order valence-electron chi connectivity index (χ4n) is 3.34. The van der Waals surface area contributed by atoms with Crippen molar-refractivity contribution in [2.75, 3.05) is 25.4 Å². The average molecular weight is 340 g/mol. The van der Waals surface area contributed by atoms with E-state index in [2.05, 4.69) is 43.3 Å². The minimum Gasteiger partial charge on any atom is -0.341 e. The minimum absolute atomic E-state index is 0.208. The number of benzene rings is 2. The lowest BCUT2D eigenvalue weighted by Gasteiger charge is -2.17. The van der Waals surface area contributed by atoms with E-state index in [9.17, 15) is 4.79 Å². The number of nitrogens with zero attached hydrogens (tertiary/aromatic N) is 1. The zero-order valence-corrected chi connectivity index (χ0v) is 14.8. The van der Waals surface area contributed by atoms with E-state index in [4.69, 9.17) is 5.73 Å². The third-order valence-corrected chi connectivity index (χ3v) is 5.93. The smallest absolute Gasteiger partial charge is 0.232 e. The van der Waals surface area contributed by atoms with Gasteiger partial charge in [0.2, 0.25) is 5.91 Å². The maximum Gasteiger partial charge on any atom is 0.232 e. The van der Waals surface area contributed by atoms with Gasteiger partial charge < -0.3 is 10.6 Å². The van der Waals surface area contributed by atoms with Gasteiger partial charge in [0.1, 0.15) is 0 Å². The van der Waals surface area contributed by atoms with Crippen LogP contribution in [-0.4, -0.2) is 36.2 Å². The summed E-state index contributed by atoms with van der Waals surface area (Å²) in [5.74, 6) is 1.40. The Bertz CT molecular complexity index is 689. The number of nitrogens with two attached hydrogens (primary N) is 1. The molecule has 1 fully saturated rings. The number of carbonyl (C=O) groups is 1. The monoisotopic (exact) mass is 340 g/mol. The van der Waals surface area contributed by atoms with Crippen LogP contribution in [0.25, 0.3) is 0 Å². The first-order chi connectivity index (χ1) is 11.7. The van der Waals surface area contributed by atoms with Crippen LogP contribution in [0.4, 0.5) is 0 Å². The topological polar surface area (TPSA) is 46.3 Å². The standard InChI is InChI=1S/C20H24N2OS/c1-15-7-5-6-10-19(15)24-14-20(23)22-12-17(11-21)18(13-22)16-8-3-2-4-9-16/h2-10,17-18H,11-14,21H2,1H3/t17-,18+/m1/s1. The highest BCUT2D eigenvalue weighted by Crippen LogP contribution is 2.32. The van der Waals surface area contributed by atoms with E-state index in [0.29, 0.717) is 24.1 Å². The molecule has 4 heteroatoms. The van der Waals surface area contributed by atoms with E-state index in [-0.39, 0.29) is 5.91 Å². The summed E-state index contributed by atoms with van der Waals surface area (Å²) in [6.07, 6.45) is 0. The maximum atomic E-state index is 12.6. The number of hydrogen-bond acceptors (Lipinski definition) is 3. The Morgan fingerprint density at radius 3 is 2.54 bits per heavy atom. The third-order valence-electron chi connectivity index (χ3n) is 4.77. The first-order valence-corrected chi connectivity index (χ1v) is 9.39. The van der Waals surface area contributed by atoms with E-state index in [1.54, 1.807) is 11.8 Å². The molecule has 2 aromatic rings. The number of thioether (sulfide) groups is 1. The molecule has 0 radical (unpaired) electrons. The predicted molar refractivity (Wildman–Crippen MR) is 100 cm³/mol. The molecule has 1 heterocycles. The summed E-state index contributed by atoms with van der Waals surface area (Å²) in [6.45, 7) is 4.25. The van der Waals surface area contributed by atoms with Crippen LogP contribution in [-0.2, 0) is 4.79 Å². The lowest BCUT2D eigenvalue weighted by Crippen LogP contribution is -2.31. The van der Waals surface area contributed by atoms with E-state index >= 15 is 0 Å². The van der Waals surface area contributed by atoms with Gasteiger partial charge in [-0.3, -0.25) is 4.79 Å². The van der Waals surface area contributed by atoms with Crippen molar-refractivity contribution >= 4 is 17.7 Å². The summed E-state index contributed by atoms with van der Waals surface area (Å²) >= 11 is 1.63. The van der Waals surface area contributed by atoms with Crippen molar-refractivity contribution < 1.29 is 4.79 Å². The summed E-state index contributed by atoms with van der Waals surface area (Å²) in [7, 11) is 0. The summed E-state index contributed by atoms with van der Waals surface area (Å²) in [5, 5.41) is 0. The minimum atomic E-state index is 0.208. The van der Waals surface area contributed by atoms with Crippen molar-refractivity contribution in [3.8, 4) is 0 Å². The van der Waals surface area contributed by atoms with Crippen molar-refractivity contribution in [2.45, 2.75) is 17.7 Å². The predicted octanol–water partition coefficient (Wildman–Crippen LogP) is 3.29. The first kappa shape index (κ1) is 17.1. The average Bonchev–Trinajstić information content (AvgIpc) is 3.06. The highest BCUT2D eigenvalue weighted by molar-refractivity contribution is 8.00. The lowest BCUT2D eigenvalue weighted by molar-refractivity contribution is -0.127. The van der Waals surface area contributed by atoms with Gasteiger partial charge in [0, 0.05) is 23.9 Å². The van der Waals surface area contributed by atoms with Gasteiger partial charge in [-0.1, -0.05) is 48.5 Å². The Morgan fingerprint density at radius 2 is 1.83 bits per heavy atom. The third kappa shape index (κ3) is 3.82. The van der Waals surface area contributed by atoms with Crippen molar-refractivity contribution in [1.29, 1.82) is 0 Å². The highest BCUT2D eigenvalue weighted by atomic mass is 32.2. The second-order valence-electron chi connectivity index (χ2n) is 6.37. The van der Waals surface area contributed by atoms with Crippen LogP contribution >= 0.6 is 11.8 Å². The van der Waals surface area contributed by atoms with Crippen molar-refractivity contribution in [2.24, 2.45) is 11.7 Å². The Morgan fingerprint density at radius 1 is 1.12 bits per heavy atom. The summed E-state index contributed by atoms with van der Waals surface area (Å²) < 4.78 is 0. The summed E-state index contributed by atoms with van der Waals surface area (Å²) in [5.41, 5.74) is 8.47. The highest BCUT2D eigenvalue weighted by Gasteiger charge is 2.35. The molecule has 1 amide bonds. The maximum absolute atomic E-state index is 12.6. The van der Waals surface area contributed by atoms with Crippen LogP contribution in [0.5, 0.6) is 0 Å². The molecule has 2 N–H and O–H groups in total. The molecular formula is C20H24N2OS.